The molecule has 0 saturated heterocycles. The van der Waals surface area contributed by atoms with Crippen molar-refractivity contribution in [2.45, 2.75) is 18.7 Å². The average molecular weight is 314 g/mol. The highest BCUT2D eigenvalue weighted by Gasteiger charge is 2.17. The van der Waals surface area contributed by atoms with Crippen LogP contribution < -0.4 is 10.1 Å². The standard InChI is InChI=1S/C14H22N2O4S/c1-5-16(6-2)10-15-14(17)12-9-11(21(4,18)19)7-8-13(12)20-3/h7-9H,5-6,10H2,1-4H3,(H,15,17). The number of carbonyl (C=O) groups is 1. The number of methoxy groups -OCH3 is 1. The van der Waals surface area contributed by atoms with Crippen molar-refractivity contribution in [1.29, 1.82) is 0 Å². The maximum absolute atomic E-state index is 12.2. The van der Waals surface area contributed by atoms with E-state index in [0.717, 1.165) is 19.3 Å². The first kappa shape index (κ1) is 17.5. The van der Waals surface area contributed by atoms with Gasteiger partial charge in [-0.25, -0.2) is 8.42 Å². The van der Waals surface area contributed by atoms with Crippen LogP contribution in [0.25, 0.3) is 0 Å². The maximum Gasteiger partial charge on any atom is 0.256 e. The van der Waals surface area contributed by atoms with Crippen molar-refractivity contribution in [3.05, 3.63) is 23.8 Å². The fraction of sp³-hybridized carbons (Fsp3) is 0.500. The van der Waals surface area contributed by atoms with E-state index in [1.807, 2.05) is 18.7 Å². The Bertz CT molecular complexity index is 595. The lowest BCUT2D eigenvalue weighted by atomic mass is 10.2. The van der Waals surface area contributed by atoms with Gasteiger partial charge in [0.2, 0.25) is 0 Å². The van der Waals surface area contributed by atoms with Gasteiger partial charge in [-0.1, -0.05) is 13.8 Å². The summed E-state index contributed by atoms with van der Waals surface area (Å²) >= 11 is 0. The topological polar surface area (TPSA) is 75.7 Å². The molecule has 1 aromatic carbocycles. The smallest absolute Gasteiger partial charge is 0.256 e. The third-order valence-corrected chi connectivity index (χ3v) is 4.31. The lowest BCUT2D eigenvalue weighted by molar-refractivity contribution is 0.0923. The Labute approximate surface area is 126 Å². The molecule has 0 atom stereocenters. The summed E-state index contributed by atoms with van der Waals surface area (Å²) in [4.78, 5) is 14.4. The number of carbonyl (C=O) groups excluding carboxylic acids is 1. The van der Waals surface area contributed by atoms with Crippen LogP contribution in [0.1, 0.15) is 24.2 Å². The number of rotatable bonds is 7. The Kier molecular flexibility index (Phi) is 6.17. The molecule has 0 unspecified atom stereocenters. The summed E-state index contributed by atoms with van der Waals surface area (Å²) in [5.41, 5.74) is 0.215. The van der Waals surface area contributed by atoms with E-state index >= 15 is 0 Å². The van der Waals surface area contributed by atoms with E-state index in [-0.39, 0.29) is 16.4 Å². The number of hydrogen-bond acceptors (Lipinski definition) is 5. The van der Waals surface area contributed by atoms with Gasteiger partial charge in [-0.05, 0) is 31.3 Å². The minimum absolute atomic E-state index is 0.0938. The van der Waals surface area contributed by atoms with Crippen molar-refractivity contribution in [1.82, 2.24) is 10.2 Å². The number of ether oxygens (including phenoxy) is 1. The Morgan fingerprint density at radius 3 is 2.38 bits per heavy atom. The zero-order valence-electron chi connectivity index (χ0n) is 12.8. The fourth-order valence-corrected chi connectivity index (χ4v) is 2.47. The van der Waals surface area contributed by atoms with Gasteiger partial charge in [0.05, 0.1) is 24.2 Å². The van der Waals surface area contributed by atoms with Crippen molar-refractivity contribution in [2.24, 2.45) is 0 Å². The molecular formula is C14H22N2O4S. The Balaban J connectivity index is 3.01. The molecule has 1 aromatic rings. The van der Waals surface area contributed by atoms with Crippen LogP contribution in [0.5, 0.6) is 5.75 Å². The molecule has 21 heavy (non-hydrogen) atoms. The normalized spacial score (nSPS) is 11.5. The minimum Gasteiger partial charge on any atom is -0.496 e. The maximum atomic E-state index is 12.2. The van der Waals surface area contributed by atoms with E-state index in [0.29, 0.717) is 12.4 Å². The molecule has 0 aliphatic rings. The van der Waals surface area contributed by atoms with E-state index in [9.17, 15) is 13.2 Å². The minimum atomic E-state index is -3.37. The molecule has 0 aliphatic heterocycles. The highest BCUT2D eigenvalue weighted by Crippen LogP contribution is 2.22. The molecule has 1 rings (SSSR count). The van der Waals surface area contributed by atoms with Gasteiger partial charge < -0.3 is 10.1 Å². The molecule has 0 bridgehead atoms. The number of hydrogen-bond donors (Lipinski definition) is 1. The van der Waals surface area contributed by atoms with Gasteiger partial charge in [0.1, 0.15) is 5.75 Å². The molecule has 0 radical (unpaired) electrons. The van der Waals surface area contributed by atoms with Crippen molar-refractivity contribution in [3.63, 3.8) is 0 Å². The second-order valence-corrected chi connectivity index (χ2v) is 6.62. The first-order valence-electron chi connectivity index (χ1n) is 6.72. The summed E-state index contributed by atoms with van der Waals surface area (Å²) in [5.74, 6) is -0.0105. The summed E-state index contributed by atoms with van der Waals surface area (Å²) in [6.45, 7) is 6.04. The van der Waals surface area contributed by atoms with Gasteiger partial charge in [0.25, 0.3) is 5.91 Å². The highest BCUT2D eigenvalue weighted by molar-refractivity contribution is 7.90. The average Bonchev–Trinajstić information content (AvgIpc) is 2.46. The van der Waals surface area contributed by atoms with Crippen LogP contribution >= 0.6 is 0 Å². The van der Waals surface area contributed by atoms with Crippen molar-refractivity contribution in [2.75, 3.05) is 33.1 Å². The molecule has 1 amide bonds. The summed E-state index contributed by atoms with van der Waals surface area (Å²) < 4.78 is 28.3. The molecule has 7 heteroatoms. The van der Waals surface area contributed by atoms with Crippen LogP contribution in [0.3, 0.4) is 0 Å². The Hall–Kier alpha value is -1.60. The fourth-order valence-electron chi connectivity index (χ4n) is 1.82. The van der Waals surface area contributed by atoms with E-state index in [2.05, 4.69) is 5.32 Å². The summed E-state index contributed by atoms with van der Waals surface area (Å²) in [6.07, 6.45) is 1.10. The van der Waals surface area contributed by atoms with E-state index in [1.54, 1.807) is 0 Å². The van der Waals surface area contributed by atoms with Crippen LogP contribution in [0.15, 0.2) is 23.1 Å². The first-order valence-corrected chi connectivity index (χ1v) is 8.61. The third kappa shape index (κ3) is 4.71. The third-order valence-electron chi connectivity index (χ3n) is 3.20. The predicted octanol–water partition coefficient (Wildman–Crippen LogP) is 1.13. The van der Waals surface area contributed by atoms with Crippen LogP contribution in [0, 0.1) is 0 Å². The zero-order valence-corrected chi connectivity index (χ0v) is 13.7. The molecule has 6 nitrogen and oxygen atoms in total. The number of nitrogens with zero attached hydrogens (tertiary/aromatic N) is 1. The summed E-state index contributed by atoms with van der Waals surface area (Å²) in [5, 5.41) is 2.77. The highest BCUT2D eigenvalue weighted by atomic mass is 32.2. The quantitative estimate of drug-likeness (QED) is 0.764. The predicted molar refractivity (Wildman–Crippen MR) is 81.4 cm³/mol. The number of amides is 1. The van der Waals surface area contributed by atoms with Gasteiger partial charge >= 0.3 is 0 Å². The van der Waals surface area contributed by atoms with Crippen LogP contribution in [-0.4, -0.2) is 52.3 Å². The Morgan fingerprint density at radius 2 is 1.90 bits per heavy atom. The number of nitrogens with one attached hydrogen (secondary N) is 1. The second-order valence-electron chi connectivity index (χ2n) is 4.60. The lowest BCUT2D eigenvalue weighted by Crippen LogP contribution is -2.37. The van der Waals surface area contributed by atoms with Crippen LogP contribution in [0.4, 0.5) is 0 Å². The molecule has 0 heterocycles. The van der Waals surface area contributed by atoms with E-state index in [1.165, 1.54) is 25.3 Å². The molecule has 0 spiro atoms. The van der Waals surface area contributed by atoms with Gasteiger partial charge in [-0.2, -0.15) is 0 Å². The van der Waals surface area contributed by atoms with Gasteiger partial charge in [-0.15, -0.1) is 0 Å². The molecule has 0 aromatic heterocycles. The van der Waals surface area contributed by atoms with Crippen molar-refractivity contribution < 1.29 is 17.9 Å². The monoisotopic (exact) mass is 314 g/mol. The largest absolute Gasteiger partial charge is 0.496 e. The SMILES string of the molecule is CCN(CC)CNC(=O)c1cc(S(C)(=O)=O)ccc1OC. The molecular weight excluding hydrogens is 292 g/mol. The molecule has 118 valence electrons. The first-order chi connectivity index (χ1) is 9.83. The number of sulfone groups is 1. The number of benzene rings is 1. The Morgan fingerprint density at radius 1 is 1.29 bits per heavy atom. The van der Waals surface area contributed by atoms with Crippen LogP contribution in [-0.2, 0) is 9.84 Å². The molecule has 0 aliphatic carbocycles. The zero-order chi connectivity index (χ0) is 16.0. The molecule has 1 N–H and O–H groups in total. The van der Waals surface area contributed by atoms with E-state index in [4.69, 9.17) is 4.74 Å². The summed E-state index contributed by atoms with van der Waals surface area (Å²) in [6, 6.07) is 4.25. The van der Waals surface area contributed by atoms with Gasteiger partial charge in [0.15, 0.2) is 9.84 Å². The molecule has 0 fully saturated rings. The van der Waals surface area contributed by atoms with Crippen molar-refractivity contribution in [3.8, 4) is 5.75 Å². The van der Waals surface area contributed by atoms with Gasteiger partial charge in [-0.3, -0.25) is 9.69 Å². The lowest BCUT2D eigenvalue weighted by Gasteiger charge is -2.19. The molecule has 0 saturated carbocycles. The van der Waals surface area contributed by atoms with Gasteiger partial charge in [0, 0.05) is 6.26 Å². The second kappa shape index (κ2) is 7.42. The van der Waals surface area contributed by atoms with Crippen molar-refractivity contribution >= 4 is 15.7 Å². The van der Waals surface area contributed by atoms with Crippen LogP contribution in [0.2, 0.25) is 0 Å². The summed E-state index contributed by atoms with van der Waals surface area (Å²) in [7, 11) is -1.93. The van der Waals surface area contributed by atoms with E-state index < -0.39 is 9.84 Å².